The Morgan fingerprint density at radius 1 is 1.04 bits per heavy atom. The van der Waals surface area contributed by atoms with E-state index in [0.717, 1.165) is 18.8 Å². The minimum Gasteiger partial charge on any atom is -0.372 e. The molecule has 0 aliphatic carbocycles. The number of carbonyl (C=O) groups is 1. The normalized spacial score (nSPS) is 14.1. The fraction of sp³-hybridized carbons (Fsp3) is 0.300. The second-order valence-corrected chi connectivity index (χ2v) is 7.17. The third-order valence-corrected chi connectivity index (χ3v) is 5.05. The molecule has 8 heteroatoms. The number of piperidine rings is 1. The predicted molar refractivity (Wildman–Crippen MR) is 109 cm³/mol. The van der Waals surface area contributed by atoms with Crippen LogP contribution in [0.3, 0.4) is 0 Å². The van der Waals surface area contributed by atoms with E-state index in [1.807, 2.05) is 42.5 Å². The highest BCUT2D eigenvalue weighted by Gasteiger charge is 2.13. The van der Waals surface area contributed by atoms with Crippen LogP contribution in [-0.2, 0) is 11.3 Å². The molecule has 1 N–H and O–H groups in total. The van der Waals surface area contributed by atoms with Crippen LogP contribution in [0.1, 0.15) is 19.3 Å². The molecule has 2 heterocycles. The van der Waals surface area contributed by atoms with Crippen molar-refractivity contribution >= 4 is 28.9 Å². The van der Waals surface area contributed by atoms with Crippen LogP contribution in [0.4, 0.5) is 11.4 Å². The lowest BCUT2D eigenvalue weighted by Gasteiger charge is -2.28. The average molecular weight is 397 g/mol. The molecule has 7 nitrogen and oxygen atoms in total. The molecule has 28 heavy (non-hydrogen) atoms. The molecule has 1 aromatic heterocycles. The fourth-order valence-corrected chi connectivity index (χ4v) is 3.52. The van der Waals surface area contributed by atoms with Gasteiger partial charge in [-0.15, -0.1) is 10.2 Å². The van der Waals surface area contributed by atoms with Gasteiger partial charge in [0.25, 0.3) is 0 Å². The Hall–Kier alpha value is -2.93. The molecule has 0 atom stereocenters. The van der Waals surface area contributed by atoms with Crippen molar-refractivity contribution in [2.75, 3.05) is 23.3 Å². The highest BCUT2D eigenvalue weighted by Crippen LogP contribution is 2.24. The highest BCUT2D eigenvalue weighted by atomic mass is 35.5. The number of carbonyl (C=O) groups excluding carboxylic acids is 1. The third kappa shape index (κ3) is 4.31. The van der Waals surface area contributed by atoms with Crippen molar-refractivity contribution in [1.82, 2.24) is 20.2 Å². The largest absolute Gasteiger partial charge is 0.372 e. The zero-order valence-electron chi connectivity index (χ0n) is 15.4. The van der Waals surface area contributed by atoms with Crippen LogP contribution in [0.5, 0.6) is 0 Å². The lowest BCUT2D eigenvalue weighted by Crippen LogP contribution is -2.29. The zero-order chi connectivity index (χ0) is 19.3. The predicted octanol–water partition coefficient (Wildman–Crippen LogP) is 3.62. The number of anilines is 2. The van der Waals surface area contributed by atoms with Gasteiger partial charge in [-0.3, -0.25) is 4.79 Å². The minimum absolute atomic E-state index is 0.0225. The topological polar surface area (TPSA) is 75.9 Å². The van der Waals surface area contributed by atoms with Crippen molar-refractivity contribution in [3.8, 4) is 11.4 Å². The molecule has 0 bridgehead atoms. The van der Waals surface area contributed by atoms with Gasteiger partial charge in [0, 0.05) is 30.0 Å². The summed E-state index contributed by atoms with van der Waals surface area (Å²) in [6.07, 6.45) is 3.78. The van der Waals surface area contributed by atoms with Crippen LogP contribution in [-0.4, -0.2) is 39.2 Å². The second-order valence-electron chi connectivity index (χ2n) is 6.77. The first kappa shape index (κ1) is 18.4. The first-order valence-electron chi connectivity index (χ1n) is 9.36. The maximum atomic E-state index is 12.3. The Kier molecular flexibility index (Phi) is 5.53. The molecule has 4 rings (SSSR count). The highest BCUT2D eigenvalue weighted by molar-refractivity contribution is 6.33. The summed E-state index contributed by atoms with van der Waals surface area (Å²) in [4.78, 5) is 15.9. The number of nitrogens with one attached hydrogen (secondary N) is 1. The molecule has 0 radical (unpaired) electrons. The summed E-state index contributed by atoms with van der Waals surface area (Å²) in [5.41, 5.74) is 2.63. The molecule has 1 fully saturated rings. The van der Waals surface area contributed by atoms with Crippen LogP contribution >= 0.6 is 11.6 Å². The quantitative estimate of drug-likeness (QED) is 0.712. The Morgan fingerprint density at radius 2 is 1.79 bits per heavy atom. The lowest BCUT2D eigenvalue weighted by molar-refractivity contribution is -0.117. The van der Waals surface area contributed by atoms with Crippen LogP contribution in [0.2, 0.25) is 5.02 Å². The lowest BCUT2D eigenvalue weighted by atomic mass is 10.1. The molecule has 0 spiro atoms. The van der Waals surface area contributed by atoms with Crippen molar-refractivity contribution in [2.45, 2.75) is 25.8 Å². The zero-order valence-corrected chi connectivity index (χ0v) is 16.1. The first-order chi connectivity index (χ1) is 13.7. The number of hydrogen-bond acceptors (Lipinski definition) is 5. The number of aromatic nitrogens is 4. The van der Waals surface area contributed by atoms with Crippen LogP contribution in [0, 0.1) is 0 Å². The van der Waals surface area contributed by atoms with E-state index in [0.29, 0.717) is 16.4 Å². The van der Waals surface area contributed by atoms with Crippen molar-refractivity contribution in [2.24, 2.45) is 0 Å². The number of hydrogen-bond donors (Lipinski definition) is 1. The van der Waals surface area contributed by atoms with E-state index in [4.69, 9.17) is 11.6 Å². The van der Waals surface area contributed by atoms with Gasteiger partial charge in [-0.2, -0.15) is 4.80 Å². The Labute approximate surface area is 168 Å². The summed E-state index contributed by atoms with van der Waals surface area (Å²) in [6.45, 7) is 2.17. The van der Waals surface area contributed by atoms with Gasteiger partial charge in [0.2, 0.25) is 11.7 Å². The molecule has 0 saturated carbocycles. The maximum Gasteiger partial charge on any atom is 0.248 e. The molecule has 144 valence electrons. The van der Waals surface area contributed by atoms with E-state index in [9.17, 15) is 4.79 Å². The van der Waals surface area contributed by atoms with E-state index < -0.39 is 0 Å². The van der Waals surface area contributed by atoms with E-state index in [-0.39, 0.29) is 12.5 Å². The third-order valence-electron chi connectivity index (χ3n) is 4.72. The van der Waals surface area contributed by atoms with Gasteiger partial charge in [-0.25, -0.2) is 0 Å². The minimum atomic E-state index is -0.214. The van der Waals surface area contributed by atoms with Crippen LogP contribution in [0.15, 0.2) is 48.5 Å². The van der Waals surface area contributed by atoms with Gasteiger partial charge < -0.3 is 10.2 Å². The summed E-state index contributed by atoms with van der Waals surface area (Å²) in [6, 6.07) is 15.2. The monoisotopic (exact) mass is 396 g/mol. The number of benzene rings is 2. The van der Waals surface area contributed by atoms with E-state index in [1.165, 1.54) is 29.7 Å². The van der Waals surface area contributed by atoms with Gasteiger partial charge in [-0.05, 0) is 60.9 Å². The van der Waals surface area contributed by atoms with Crippen molar-refractivity contribution in [3.05, 3.63) is 53.6 Å². The fourth-order valence-electron chi connectivity index (χ4n) is 3.30. The number of amides is 1. The molecule has 1 aliphatic heterocycles. The number of tetrazole rings is 1. The van der Waals surface area contributed by atoms with Gasteiger partial charge in [0.15, 0.2) is 0 Å². The molecule has 1 saturated heterocycles. The Bertz CT molecular complexity index is 949. The average Bonchev–Trinajstić information content (AvgIpc) is 3.17. The molecular formula is C20H21ClN6O. The second kappa shape index (κ2) is 8.39. The van der Waals surface area contributed by atoms with Gasteiger partial charge in [0.05, 0.1) is 5.02 Å². The van der Waals surface area contributed by atoms with Gasteiger partial charge in [0.1, 0.15) is 6.54 Å². The Balaban J connectivity index is 1.36. The summed E-state index contributed by atoms with van der Waals surface area (Å²) < 4.78 is 0. The maximum absolute atomic E-state index is 12.3. The molecule has 2 aromatic carbocycles. The molecule has 0 unspecified atom stereocenters. The summed E-state index contributed by atoms with van der Waals surface area (Å²) in [5.74, 6) is 0.179. The van der Waals surface area contributed by atoms with Crippen molar-refractivity contribution < 1.29 is 4.79 Å². The molecule has 1 aliphatic rings. The molecule has 3 aromatic rings. The van der Waals surface area contributed by atoms with Crippen molar-refractivity contribution in [1.29, 1.82) is 0 Å². The number of nitrogens with zero attached hydrogens (tertiary/aromatic N) is 5. The van der Waals surface area contributed by atoms with Crippen molar-refractivity contribution in [3.63, 3.8) is 0 Å². The number of halogens is 1. The summed E-state index contributed by atoms with van der Waals surface area (Å²) >= 11 is 6.15. The smallest absolute Gasteiger partial charge is 0.248 e. The standard InChI is InChI=1S/C20H21ClN6O/c21-18-7-3-2-6-17(18)20-23-25-27(24-20)14-19(28)22-15-8-10-16(11-9-15)26-12-4-1-5-13-26/h2-3,6-11H,1,4-5,12-14H2,(H,22,28). The van der Waals surface area contributed by atoms with E-state index >= 15 is 0 Å². The van der Waals surface area contributed by atoms with Crippen LogP contribution in [0.25, 0.3) is 11.4 Å². The van der Waals surface area contributed by atoms with Gasteiger partial charge >= 0.3 is 0 Å². The Morgan fingerprint density at radius 3 is 2.54 bits per heavy atom. The van der Waals surface area contributed by atoms with E-state index in [2.05, 4.69) is 25.6 Å². The molecular weight excluding hydrogens is 376 g/mol. The summed E-state index contributed by atoms with van der Waals surface area (Å²) in [7, 11) is 0. The van der Waals surface area contributed by atoms with Gasteiger partial charge in [-0.1, -0.05) is 23.7 Å². The van der Waals surface area contributed by atoms with Crippen LogP contribution < -0.4 is 10.2 Å². The van der Waals surface area contributed by atoms with E-state index in [1.54, 1.807) is 6.07 Å². The summed E-state index contributed by atoms with van der Waals surface area (Å²) in [5, 5.41) is 15.6. The molecule has 1 amide bonds. The first-order valence-corrected chi connectivity index (χ1v) is 9.74. The number of rotatable bonds is 5. The SMILES string of the molecule is O=C(Cn1nnc(-c2ccccc2Cl)n1)Nc1ccc(N2CCCCC2)cc1.